The van der Waals surface area contributed by atoms with Crippen LogP contribution in [-0.2, 0) is 17.8 Å². The normalized spacial score (nSPS) is 14.7. The topological polar surface area (TPSA) is 72.3 Å². The molecule has 0 aliphatic carbocycles. The molecule has 1 heterocycles. The number of nitrogens with zero attached hydrogens (tertiary/aromatic N) is 1. The molecule has 1 amide bonds. The van der Waals surface area contributed by atoms with Crippen LogP contribution < -0.4 is 16.4 Å². The predicted octanol–water partition coefficient (Wildman–Crippen LogP) is 0.383. The van der Waals surface area contributed by atoms with Crippen LogP contribution in [0.3, 0.4) is 0 Å². The molecule has 16 heavy (non-hydrogen) atoms. The molecular formula is C12H17N3O. The third-order valence-corrected chi connectivity index (χ3v) is 2.94. The number of carbonyl (C=O) groups excluding carboxylic acids is 1. The average Bonchev–Trinajstić information content (AvgIpc) is 2.28. The van der Waals surface area contributed by atoms with Crippen molar-refractivity contribution in [3.8, 4) is 0 Å². The van der Waals surface area contributed by atoms with Gasteiger partial charge in [0.05, 0.1) is 6.54 Å². The lowest BCUT2D eigenvalue weighted by Gasteiger charge is -2.30. The third kappa shape index (κ3) is 2.17. The zero-order valence-corrected chi connectivity index (χ0v) is 9.28. The van der Waals surface area contributed by atoms with E-state index in [0.29, 0.717) is 13.1 Å². The van der Waals surface area contributed by atoms with Crippen LogP contribution >= 0.6 is 0 Å². The lowest BCUT2D eigenvalue weighted by atomic mass is 9.99. The molecule has 1 aliphatic rings. The first-order valence-corrected chi connectivity index (χ1v) is 5.56. The number of anilines is 1. The van der Waals surface area contributed by atoms with E-state index >= 15 is 0 Å². The summed E-state index contributed by atoms with van der Waals surface area (Å²) in [6.07, 6.45) is 2.12. The number of fused-ring (bicyclic) bond motifs is 1. The molecule has 0 aromatic heterocycles. The van der Waals surface area contributed by atoms with Gasteiger partial charge in [0.1, 0.15) is 0 Å². The molecule has 4 heteroatoms. The Morgan fingerprint density at radius 1 is 1.44 bits per heavy atom. The summed E-state index contributed by atoms with van der Waals surface area (Å²) < 4.78 is 0. The van der Waals surface area contributed by atoms with Crippen molar-refractivity contribution in [3.63, 3.8) is 0 Å². The van der Waals surface area contributed by atoms with Crippen molar-refractivity contribution < 1.29 is 4.79 Å². The smallest absolute Gasteiger partial charge is 0.236 e. The molecule has 4 nitrogen and oxygen atoms in total. The van der Waals surface area contributed by atoms with Crippen LogP contribution in [0.5, 0.6) is 0 Å². The third-order valence-electron chi connectivity index (χ3n) is 2.94. The lowest BCUT2D eigenvalue weighted by molar-refractivity contribution is -0.116. The summed E-state index contributed by atoms with van der Waals surface area (Å²) in [4.78, 5) is 13.0. The van der Waals surface area contributed by atoms with Crippen LogP contribution in [0.1, 0.15) is 17.5 Å². The summed E-state index contributed by atoms with van der Waals surface area (Å²) in [6, 6.07) is 6.18. The number of carbonyl (C=O) groups is 1. The van der Waals surface area contributed by atoms with Crippen LogP contribution in [0.25, 0.3) is 0 Å². The van der Waals surface area contributed by atoms with Crippen molar-refractivity contribution in [2.45, 2.75) is 19.4 Å². The van der Waals surface area contributed by atoms with Crippen molar-refractivity contribution >= 4 is 11.6 Å². The lowest BCUT2D eigenvalue weighted by Crippen LogP contribution is -2.37. The van der Waals surface area contributed by atoms with Gasteiger partial charge < -0.3 is 16.4 Å². The highest BCUT2D eigenvalue weighted by Gasteiger charge is 2.17. The number of amides is 1. The summed E-state index contributed by atoms with van der Waals surface area (Å²) in [6.45, 7) is 1.76. The van der Waals surface area contributed by atoms with E-state index in [1.54, 1.807) is 0 Å². The molecule has 86 valence electrons. The largest absolute Gasteiger partial charge is 0.368 e. The first kappa shape index (κ1) is 11.0. The van der Waals surface area contributed by atoms with Crippen LogP contribution in [0.15, 0.2) is 18.2 Å². The highest BCUT2D eigenvalue weighted by atomic mass is 16.1. The van der Waals surface area contributed by atoms with Crippen molar-refractivity contribution in [3.05, 3.63) is 29.3 Å². The highest BCUT2D eigenvalue weighted by Crippen LogP contribution is 2.27. The first-order valence-electron chi connectivity index (χ1n) is 5.56. The summed E-state index contributed by atoms with van der Waals surface area (Å²) >= 11 is 0. The average molecular weight is 219 g/mol. The number of nitrogens with two attached hydrogens (primary N) is 2. The second kappa shape index (κ2) is 4.53. The Labute approximate surface area is 95.2 Å². The van der Waals surface area contributed by atoms with Gasteiger partial charge in [-0.05, 0) is 30.0 Å². The van der Waals surface area contributed by atoms with E-state index in [9.17, 15) is 4.79 Å². The summed E-state index contributed by atoms with van der Waals surface area (Å²) in [5.74, 6) is -0.282. The number of hydrogen-bond donors (Lipinski definition) is 2. The fraction of sp³-hybridized carbons (Fsp3) is 0.417. The SMILES string of the molecule is NCc1ccc2c(c1)CCCN2CC(N)=O. The molecule has 0 radical (unpaired) electrons. The van der Waals surface area contributed by atoms with Gasteiger partial charge in [-0.1, -0.05) is 12.1 Å². The minimum absolute atomic E-state index is 0.282. The van der Waals surface area contributed by atoms with Gasteiger partial charge in [0.2, 0.25) is 5.91 Å². The standard InChI is InChI=1S/C12H17N3O/c13-7-9-3-4-11-10(6-9)2-1-5-15(11)8-12(14)16/h3-4,6H,1-2,5,7-8,13H2,(H2,14,16). The Morgan fingerprint density at radius 3 is 2.94 bits per heavy atom. The monoisotopic (exact) mass is 219 g/mol. The Morgan fingerprint density at radius 2 is 2.25 bits per heavy atom. The molecule has 0 saturated carbocycles. The molecule has 0 spiro atoms. The molecule has 1 aromatic rings. The zero-order valence-electron chi connectivity index (χ0n) is 9.28. The van der Waals surface area contributed by atoms with Crippen molar-refractivity contribution in [1.29, 1.82) is 0 Å². The van der Waals surface area contributed by atoms with E-state index in [-0.39, 0.29) is 5.91 Å². The Hall–Kier alpha value is -1.55. The first-order chi connectivity index (χ1) is 7.70. The van der Waals surface area contributed by atoms with Crippen LogP contribution in [0.4, 0.5) is 5.69 Å². The summed E-state index contributed by atoms with van der Waals surface area (Å²) in [5, 5.41) is 0. The summed E-state index contributed by atoms with van der Waals surface area (Å²) in [5.41, 5.74) is 14.4. The van der Waals surface area contributed by atoms with Crippen molar-refractivity contribution in [2.24, 2.45) is 11.5 Å². The van der Waals surface area contributed by atoms with E-state index in [2.05, 4.69) is 6.07 Å². The number of rotatable bonds is 3. The minimum atomic E-state index is -0.282. The molecule has 0 unspecified atom stereocenters. The number of hydrogen-bond acceptors (Lipinski definition) is 3. The molecule has 0 atom stereocenters. The maximum atomic E-state index is 11.0. The summed E-state index contributed by atoms with van der Waals surface area (Å²) in [7, 11) is 0. The van der Waals surface area contributed by atoms with Gasteiger partial charge >= 0.3 is 0 Å². The van der Waals surface area contributed by atoms with Gasteiger partial charge in [0, 0.05) is 18.8 Å². The molecule has 0 saturated heterocycles. The fourth-order valence-electron chi connectivity index (χ4n) is 2.21. The van der Waals surface area contributed by atoms with E-state index in [0.717, 1.165) is 30.6 Å². The van der Waals surface area contributed by atoms with E-state index in [1.165, 1.54) is 5.56 Å². The molecule has 1 aromatic carbocycles. The van der Waals surface area contributed by atoms with Crippen LogP contribution in [-0.4, -0.2) is 19.0 Å². The predicted molar refractivity (Wildman–Crippen MR) is 64.1 cm³/mol. The minimum Gasteiger partial charge on any atom is -0.368 e. The van der Waals surface area contributed by atoms with Gasteiger partial charge in [-0.3, -0.25) is 4.79 Å². The van der Waals surface area contributed by atoms with Gasteiger partial charge in [0.25, 0.3) is 0 Å². The van der Waals surface area contributed by atoms with Gasteiger partial charge in [-0.15, -0.1) is 0 Å². The maximum absolute atomic E-state index is 11.0. The molecular weight excluding hydrogens is 202 g/mol. The van der Waals surface area contributed by atoms with E-state index in [1.807, 2.05) is 17.0 Å². The molecule has 0 fully saturated rings. The Bertz CT molecular complexity index is 403. The molecule has 0 bridgehead atoms. The van der Waals surface area contributed by atoms with Crippen LogP contribution in [0, 0.1) is 0 Å². The maximum Gasteiger partial charge on any atom is 0.236 e. The fourth-order valence-corrected chi connectivity index (χ4v) is 2.21. The van der Waals surface area contributed by atoms with Gasteiger partial charge in [-0.25, -0.2) is 0 Å². The van der Waals surface area contributed by atoms with E-state index in [4.69, 9.17) is 11.5 Å². The van der Waals surface area contributed by atoms with Crippen molar-refractivity contribution in [1.82, 2.24) is 0 Å². The molecule has 4 N–H and O–H groups in total. The second-order valence-corrected chi connectivity index (χ2v) is 4.16. The van der Waals surface area contributed by atoms with E-state index < -0.39 is 0 Å². The number of benzene rings is 1. The molecule has 2 rings (SSSR count). The number of aryl methyl sites for hydroxylation is 1. The highest BCUT2D eigenvalue weighted by molar-refractivity contribution is 5.80. The van der Waals surface area contributed by atoms with Gasteiger partial charge in [0.15, 0.2) is 0 Å². The second-order valence-electron chi connectivity index (χ2n) is 4.16. The quantitative estimate of drug-likeness (QED) is 0.772. The zero-order chi connectivity index (χ0) is 11.5. The van der Waals surface area contributed by atoms with Gasteiger partial charge in [-0.2, -0.15) is 0 Å². The molecule has 1 aliphatic heterocycles. The van der Waals surface area contributed by atoms with Crippen LogP contribution in [0.2, 0.25) is 0 Å². The Kier molecular flexibility index (Phi) is 3.10. The van der Waals surface area contributed by atoms with Crippen molar-refractivity contribution in [2.75, 3.05) is 18.0 Å². The Balaban J connectivity index is 2.28. The number of primary amides is 1.